The molecule has 2 amide bonds. The van der Waals surface area contributed by atoms with Crippen LogP contribution in [-0.4, -0.2) is 30.5 Å². The normalized spacial score (nSPS) is 10.8. The van der Waals surface area contributed by atoms with Gasteiger partial charge in [0.15, 0.2) is 6.61 Å². The van der Waals surface area contributed by atoms with E-state index < -0.39 is 0 Å². The monoisotopic (exact) mass is 293 g/mol. The summed E-state index contributed by atoms with van der Waals surface area (Å²) in [6, 6.07) is 6.78. The number of nitrogens with one attached hydrogen (secondary N) is 2. The number of rotatable bonds is 6. The van der Waals surface area contributed by atoms with Crippen LogP contribution >= 0.6 is 0 Å². The number of ether oxygens (including phenoxy) is 1. The molecule has 1 aromatic carbocycles. The van der Waals surface area contributed by atoms with Crippen LogP contribution in [0, 0.1) is 0 Å². The maximum Gasteiger partial charge on any atom is 0.257 e. The highest BCUT2D eigenvalue weighted by Crippen LogP contribution is 2.12. The van der Waals surface area contributed by atoms with Crippen molar-refractivity contribution in [3.63, 3.8) is 0 Å². The number of hydrogen-bond donors (Lipinski definition) is 3. The molecule has 0 atom stereocenters. The summed E-state index contributed by atoms with van der Waals surface area (Å²) in [5, 5.41) is 5.45. The highest BCUT2D eigenvalue weighted by molar-refractivity contribution is 5.80. The molecular weight excluding hydrogens is 270 g/mol. The van der Waals surface area contributed by atoms with Gasteiger partial charge in [-0.25, -0.2) is 0 Å². The molecule has 0 aromatic heterocycles. The molecule has 6 heteroatoms. The second-order valence-corrected chi connectivity index (χ2v) is 5.76. The van der Waals surface area contributed by atoms with Gasteiger partial charge in [-0.3, -0.25) is 9.59 Å². The van der Waals surface area contributed by atoms with Gasteiger partial charge in [0.05, 0.1) is 0 Å². The van der Waals surface area contributed by atoms with Crippen LogP contribution in [0.4, 0.5) is 5.69 Å². The second-order valence-electron chi connectivity index (χ2n) is 5.76. The maximum absolute atomic E-state index is 11.6. The smallest absolute Gasteiger partial charge is 0.257 e. The van der Waals surface area contributed by atoms with E-state index >= 15 is 0 Å². The van der Waals surface area contributed by atoms with Crippen LogP contribution in [0.3, 0.4) is 0 Å². The lowest BCUT2D eigenvalue weighted by Crippen LogP contribution is -2.42. The number of amides is 2. The third kappa shape index (κ3) is 7.81. The van der Waals surface area contributed by atoms with Crippen molar-refractivity contribution in [2.75, 3.05) is 18.9 Å². The first kappa shape index (κ1) is 16.8. The van der Waals surface area contributed by atoms with Gasteiger partial charge >= 0.3 is 0 Å². The number of benzene rings is 1. The molecule has 0 saturated carbocycles. The van der Waals surface area contributed by atoms with E-state index in [-0.39, 0.29) is 36.9 Å². The number of nitrogen functional groups attached to an aromatic ring is 1. The minimum Gasteiger partial charge on any atom is -0.484 e. The molecule has 1 rings (SSSR count). The molecule has 0 heterocycles. The van der Waals surface area contributed by atoms with Gasteiger partial charge in [-0.2, -0.15) is 0 Å². The molecule has 0 saturated heterocycles. The van der Waals surface area contributed by atoms with Crippen LogP contribution in [0.5, 0.6) is 5.75 Å². The second kappa shape index (κ2) is 7.52. The molecular formula is C15H23N3O3. The van der Waals surface area contributed by atoms with Crippen molar-refractivity contribution in [3.8, 4) is 5.75 Å². The third-order valence-corrected chi connectivity index (χ3v) is 2.44. The quantitative estimate of drug-likeness (QED) is 0.684. The van der Waals surface area contributed by atoms with Gasteiger partial charge in [0.1, 0.15) is 5.75 Å². The Bertz CT molecular complexity index is 478. The van der Waals surface area contributed by atoms with Crippen molar-refractivity contribution in [1.82, 2.24) is 10.6 Å². The van der Waals surface area contributed by atoms with Crippen molar-refractivity contribution in [2.24, 2.45) is 0 Å². The Hall–Kier alpha value is -2.24. The van der Waals surface area contributed by atoms with Gasteiger partial charge < -0.3 is 21.1 Å². The van der Waals surface area contributed by atoms with E-state index in [1.165, 1.54) is 0 Å². The number of carbonyl (C=O) groups is 2. The molecule has 0 unspecified atom stereocenters. The maximum atomic E-state index is 11.6. The Morgan fingerprint density at radius 3 is 2.33 bits per heavy atom. The van der Waals surface area contributed by atoms with Gasteiger partial charge in [0, 0.05) is 24.2 Å². The van der Waals surface area contributed by atoms with Crippen LogP contribution in [0.25, 0.3) is 0 Å². The summed E-state index contributed by atoms with van der Waals surface area (Å²) in [5.41, 5.74) is 5.92. The van der Waals surface area contributed by atoms with Gasteiger partial charge in [-0.1, -0.05) is 0 Å². The van der Waals surface area contributed by atoms with Crippen molar-refractivity contribution >= 4 is 17.5 Å². The standard InChI is InChI=1S/C15H23N3O3/c1-15(2,3)18-13(19)8-9-17-14(20)10-21-12-6-4-11(16)5-7-12/h4-7H,8-10,16H2,1-3H3,(H,17,20)(H,18,19). The SMILES string of the molecule is CC(C)(C)NC(=O)CCNC(=O)COc1ccc(N)cc1. The molecule has 4 N–H and O–H groups in total. The van der Waals surface area contributed by atoms with Gasteiger partial charge in [0.2, 0.25) is 5.91 Å². The first-order valence-electron chi connectivity index (χ1n) is 6.82. The lowest BCUT2D eigenvalue weighted by atomic mass is 10.1. The predicted octanol–water partition coefficient (Wildman–Crippen LogP) is 1.07. The first-order chi connectivity index (χ1) is 9.76. The van der Waals surface area contributed by atoms with Crippen molar-refractivity contribution in [2.45, 2.75) is 32.7 Å². The molecule has 0 bridgehead atoms. The molecule has 0 aliphatic carbocycles. The van der Waals surface area contributed by atoms with Crippen molar-refractivity contribution in [1.29, 1.82) is 0 Å². The summed E-state index contributed by atoms with van der Waals surface area (Å²) in [6.07, 6.45) is 0.241. The zero-order valence-electron chi connectivity index (χ0n) is 12.7. The zero-order chi connectivity index (χ0) is 15.9. The Morgan fingerprint density at radius 1 is 1.14 bits per heavy atom. The zero-order valence-corrected chi connectivity index (χ0v) is 12.7. The number of carbonyl (C=O) groups excluding carboxylic acids is 2. The summed E-state index contributed by atoms with van der Waals surface area (Å²) >= 11 is 0. The summed E-state index contributed by atoms with van der Waals surface area (Å²) in [4.78, 5) is 23.1. The van der Waals surface area contributed by atoms with Gasteiger partial charge in [0.25, 0.3) is 5.91 Å². The van der Waals surface area contributed by atoms with Crippen LogP contribution in [0.1, 0.15) is 27.2 Å². The van der Waals surface area contributed by atoms with Crippen LogP contribution < -0.4 is 21.1 Å². The minimum absolute atomic E-state index is 0.0925. The van der Waals surface area contributed by atoms with E-state index in [2.05, 4.69) is 10.6 Å². The fourth-order valence-electron chi connectivity index (χ4n) is 1.56. The molecule has 0 aliphatic rings. The highest BCUT2D eigenvalue weighted by Gasteiger charge is 2.13. The average molecular weight is 293 g/mol. The van der Waals surface area contributed by atoms with E-state index in [0.29, 0.717) is 11.4 Å². The lowest BCUT2D eigenvalue weighted by molar-refractivity contribution is -0.124. The molecule has 0 aliphatic heterocycles. The number of anilines is 1. The predicted molar refractivity (Wildman–Crippen MR) is 81.9 cm³/mol. The van der Waals surface area contributed by atoms with Crippen molar-refractivity contribution < 1.29 is 14.3 Å². The topological polar surface area (TPSA) is 93.5 Å². The summed E-state index contributed by atoms with van der Waals surface area (Å²) in [5.74, 6) is 0.211. The number of hydrogen-bond acceptors (Lipinski definition) is 4. The summed E-state index contributed by atoms with van der Waals surface area (Å²) < 4.78 is 5.29. The van der Waals surface area contributed by atoms with E-state index in [1.54, 1.807) is 24.3 Å². The Morgan fingerprint density at radius 2 is 1.76 bits per heavy atom. The molecule has 0 spiro atoms. The molecule has 1 aromatic rings. The Kier molecular flexibility index (Phi) is 6.02. The Labute approximate surface area is 125 Å². The molecule has 116 valence electrons. The molecule has 0 radical (unpaired) electrons. The van der Waals surface area contributed by atoms with E-state index in [9.17, 15) is 9.59 Å². The van der Waals surface area contributed by atoms with E-state index in [4.69, 9.17) is 10.5 Å². The van der Waals surface area contributed by atoms with Crippen LogP contribution in [0.2, 0.25) is 0 Å². The van der Waals surface area contributed by atoms with E-state index in [0.717, 1.165) is 0 Å². The van der Waals surface area contributed by atoms with Crippen LogP contribution in [0.15, 0.2) is 24.3 Å². The van der Waals surface area contributed by atoms with E-state index in [1.807, 2.05) is 20.8 Å². The summed E-state index contributed by atoms with van der Waals surface area (Å²) in [6.45, 7) is 5.91. The Balaban J connectivity index is 2.19. The highest BCUT2D eigenvalue weighted by atomic mass is 16.5. The lowest BCUT2D eigenvalue weighted by Gasteiger charge is -2.20. The van der Waals surface area contributed by atoms with Crippen LogP contribution in [-0.2, 0) is 9.59 Å². The van der Waals surface area contributed by atoms with Crippen molar-refractivity contribution in [3.05, 3.63) is 24.3 Å². The molecule has 21 heavy (non-hydrogen) atoms. The van der Waals surface area contributed by atoms with Gasteiger partial charge in [-0.15, -0.1) is 0 Å². The first-order valence-corrected chi connectivity index (χ1v) is 6.82. The average Bonchev–Trinajstić information content (AvgIpc) is 2.36. The number of nitrogens with two attached hydrogens (primary N) is 1. The fourth-order valence-corrected chi connectivity index (χ4v) is 1.56. The molecule has 6 nitrogen and oxygen atoms in total. The van der Waals surface area contributed by atoms with Gasteiger partial charge in [-0.05, 0) is 45.0 Å². The summed E-state index contributed by atoms with van der Waals surface area (Å²) in [7, 11) is 0. The fraction of sp³-hybridized carbons (Fsp3) is 0.467. The molecule has 0 fully saturated rings. The minimum atomic E-state index is -0.268. The largest absolute Gasteiger partial charge is 0.484 e. The third-order valence-electron chi connectivity index (χ3n) is 2.44.